The van der Waals surface area contributed by atoms with Crippen LogP contribution >= 0.6 is 0 Å². The molecule has 0 fully saturated rings. The number of hydrogen-bond donors (Lipinski definition) is 1. The maximum absolute atomic E-state index is 13.4. The number of amides is 1. The summed E-state index contributed by atoms with van der Waals surface area (Å²) in [5.74, 6) is 0.580. The second kappa shape index (κ2) is 8.51. The zero-order valence-corrected chi connectivity index (χ0v) is 15.1. The van der Waals surface area contributed by atoms with E-state index in [1.165, 1.54) is 12.1 Å². The Labute approximate surface area is 148 Å². The Bertz CT molecular complexity index is 746. The van der Waals surface area contributed by atoms with E-state index in [1.54, 1.807) is 13.0 Å². The number of hydrogen-bond acceptors (Lipinski definition) is 3. The van der Waals surface area contributed by atoms with Crippen molar-refractivity contribution in [1.82, 2.24) is 5.32 Å². The molecule has 5 heteroatoms. The van der Waals surface area contributed by atoms with E-state index in [1.807, 2.05) is 39.0 Å². The van der Waals surface area contributed by atoms with Crippen LogP contribution in [0, 0.1) is 12.7 Å². The van der Waals surface area contributed by atoms with E-state index in [0.29, 0.717) is 30.3 Å². The Hall–Kier alpha value is -2.56. The van der Waals surface area contributed by atoms with Crippen molar-refractivity contribution in [2.75, 3.05) is 13.2 Å². The number of carbonyl (C=O) groups is 1. The SMILES string of the molecule is CCOc1ccc(C(C)NC(=O)c2cc(F)ccc2C)cc1OCC. The van der Waals surface area contributed by atoms with Crippen LogP contribution < -0.4 is 14.8 Å². The minimum Gasteiger partial charge on any atom is -0.490 e. The lowest BCUT2D eigenvalue weighted by molar-refractivity contribution is 0.0938. The Morgan fingerprint density at radius 1 is 1.08 bits per heavy atom. The Kier molecular flexibility index (Phi) is 6.39. The Balaban J connectivity index is 2.19. The maximum Gasteiger partial charge on any atom is 0.252 e. The average molecular weight is 345 g/mol. The molecule has 0 aliphatic heterocycles. The molecule has 2 rings (SSSR count). The lowest BCUT2D eigenvalue weighted by atomic mass is 10.0. The van der Waals surface area contributed by atoms with Gasteiger partial charge in [0.15, 0.2) is 11.5 Å². The highest BCUT2D eigenvalue weighted by molar-refractivity contribution is 5.95. The summed E-state index contributed by atoms with van der Waals surface area (Å²) < 4.78 is 24.6. The van der Waals surface area contributed by atoms with Crippen molar-refractivity contribution in [3.63, 3.8) is 0 Å². The van der Waals surface area contributed by atoms with Gasteiger partial charge in [0.25, 0.3) is 5.91 Å². The number of halogens is 1. The van der Waals surface area contributed by atoms with Crippen molar-refractivity contribution in [2.45, 2.75) is 33.7 Å². The number of aryl methyl sites for hydroxylation is 1. The van der Waals surface area contributed by atoms with Crippen molar-refractivity contribution in [3.8, 4) is 11.5 Å². The summed E-state index contributed by atoms with van der Waals surface area (Å²) in [6, 6.07) is 9.51. The Morgan fingerprint density at radius 2 is 1.76 bits per heavy atom. The van der Waals surface area contributed by atoms with Gasteiger partial charge in [-0.2, -0.15) is 0 Å². The van der Waals surface area contributed by atoms with Crippen LogP contribution in [0.3, 0.4) is 0 Å². The third-order valence-corrected chi connectivity index (χ3v) is 3.86. The van der Waals surface area contributed by atoms with Gasteiger partial charge >= 0.3 is 0 Å². The lowest BCUT2D eigenvalue weighted by Gasteiger charge is -2.18. The molecule has 0 aliphatic carbocycles. The predicted molar refractivity (Wildman–Crippen MR) is 95.8 cm³/mol. The second-order valence-corrected chi connectivity index (χ2v) is 5.73. The van der Waals surface area contributed by atoms with E-state index < -0.39 is 5.82 Å². The molecule has 4 nitrogen and oxygen atoms in total. The monoisotopic (exact) mass is 345 g/mol. The summed E-state index contributed by atoms with van der Waals surface area (Å²) in [6.45, 7) is 8.53. The van der Waals surface area contributed by atoms with Gasteiger partial charge in [0, 0.05) is 5.56 Å². The first-order valence-electron chi connectivity index (χ1n) is 8.42. The molecule has 25 heavy (non-hydrogen) atoms. The van der Waals surface area contributed by atoms with Crippen molar-refractivity contribution < 1.29 is 18.7 Å². The highest BCUT2D eigenvalue weighted by Gasteiger charge is 2.16. The molecule has 2 aromatic rings. The van der Waals surface area contributed by atoms with Gasteiger partial charge in [-0.3, -0.25) is 4.79 Å². The molecule has 2 aromatic carbocycles. The highest BCUT2D eigenvalue weighted by atomic mass is 19.1. The molecule has 1 atom stereocenters. The summed E-state index contributed by atoms with van der Waals surface area (Å²) in [5, 5.41) is 2.90. The van der Waals surface area contributed by atoms with Crippen LogP contribution in [0.4, 0.5) is 4.39 Å². The average Bonchev–Trinajstić information content (AvgIpc) is 2.58. The van der Waals surface area contributed by atoms with Gasteiger partial charge in [-0.1, -0.05) is 12.1 Å². The fourth-order valence-electron chi connectivity index (χ4n) is 2.53. The number of carbonyl (C=O) groups excluding carboxylic acids is 1. The van der Waals surface area contributed by atoms with E-state index in [9.17, 15) is 9.18 Å². The van der Waals surface area contributed by atoms with Crippen molar-refractivity contribution in [2.24, 2.45) is 0 Å². The maximum atomic E-state index is 13.4. The highest BCUT2D eigenvalue weighted by Crippen LogP contribution is 2.30. The molecule has 0 aromatic heterocycles. The molecular formula is C20H24FNO3. The third-order valence-electron chi connectivity index (χ3n) is 3.86. The molecule has 134 valence electrons. The summed E-state index contributed by atoms with van der Waals surface area (Å²) in [7, 11) is 0. The molecule has 1 amide bonds. The van der Waals surface area contributed by atoms with Crippen molar-refractivity contribution >= 4 is 5.91 Å². The minimum atomic E-state index is -0.428. The van der Waals surface area contributed by atoms with Crippen LogP contribution in [0.2, 0.25) is 0 Å². The molecule has 1 unspecified atom stereocenters. The normalized spacial score (nSPS) is 11.7. The third kappa shape index (κ3) is 4.72. The van der Waals surface area contributed by atoms with Gasteiger partial charge in [-0.25, -0.2) is 4.39 Å². The standard InChI is InChI=1S/C20H24FNO3/c1-5-24-18-10-8-15(11-19(18)25-6-2)14(4)22-20(23)17-12-16(21)9-7-13(17)3/h7-12,14H,5-6H2,1-4H3,(H,22,23). The van der Waals surface area contributed by atoms with Gasteiger partial charge in [-0.15, -0.1) is 0 Å². The zero-order valence-electron chi connectivity index (χ0n) is 15.1. The summed E-state index contributed by atoms with van der Waals surface area (Å²) >= 11 is 0. The summed E-state index contributed by atoms with van der Waals surface area (Å²) in [5.41, 5.74) is 1.95. The Morgan fingerprint density at radius 3 is 2.44 bits per heavy atom. The molecule has 0 saturated heterocycles. The fraction of sp³-hybridized carbons (Fsp3) is 0.350. The molecule has 1 N–H and O–H groups in total. The van der Waals surface area contributed by atoms with E-state index in [-0.39, 0.29) is 11.9 Å². The first-order chi connectivity index (χ1) is 12.0. The summed E-state index contributed by atoms with van der Waals surface area (Å²) in [4.78, 5) is 12.4. The fourth-order valence-corrected chi connectivity index (χ4v) is 2.53. The van der Waals surface area contributed by atoms with Crippen LogP contribution in [0.1, 0.15) is 48.3 Å². The van der Waals surface area contributed by atoms with Crippen molar-refractivity contribution in [1.29, 1.82) is 0 Å². The first-order valence-corrected chi connectivity index (χ1v) is 8.42. The van der Waals surface area contributed by atoms with Crippen LogP contribution in [-0.4, -0.2) is 19.1 Å². The van der Waals surface area contributed by atoms with Crippen LogP contribution in [0.25, 0.3) is 0 Å². The predicted octanol–water partition coefficient (Wildman–Crippen LogP) is 4.42. The van der Waals surface area contributed by atoms with Gasteiger partial charge in [0.05, 0.1) is 19.3 Å². The van der Waals surface area contributed by atoms with Gasteiger partial charge < -0.3 is 14.8 Å². The molecule has 0 saturated carbocycles. The topological polar surface area (TPSA) is 47.6 Å². The van der Waals surface area contributed by atoms with Crippen LogP contribution in [0.15, 0.2) is 36.4 Å². The number of nitrogens with one attached hydrogen (secondary N) is 1. The molecule has 0 radical (unpaired) electrons. The van der Waals surface area contributed by atoms with Gasteiger partial charge in [0.2, 0.25) is 0 Å². The van der Waals surface area contributed by atoms with E-state index in [4.69, 9.17) is 9.47 Å². The van der Waals surface area contributed by atoms with E-state index in [0.717, 1.165) is 11.1 Å². The largest absolute Gasteiger partial charge is 0.490 e. The molecule has 0 bridgehead atoms. The zero-order chi connectivity index (χ0) is 18.4. The number of ether oxygens (including phenoxy) is 2. The number of rotatable bonds is 7. The smallest absolute Gasteiger partial charge is 0.252 e. The molecule has 0 aliphatic rings. The van der Waals surface area contributed by atoms with Crippen LogP contribution in [0.5, 0.6) is 11.5 Å². The molecular weight excluding hydrogens is 321 g/mol. The first kappa shape index (κ1) is 18.8. The molecule has 0 spiro atoms. The quantitative estimate of drug-likeness (QED) is 0.808. The second-order valence-electron chi connectivity index (χ2n) is 5.73. The summed E-state index contributed by atoms with van der Waals surface area (Å²) in [6.07, 6.45) is 0. The van der Waals surface area contributed by atoms with Gasteiger partial charge in [-0.05, 0) is 63.1 Å². The number of benzene rings is 2. The van der Waals surface area contributed by atoms with E-state index >= 15 is 0 Å². The van der Waals surface area contributed by atoms with Gasteiger partial charge in [0.1, 0.15) is 5.82 Å². The van der Waals surface area contributed by atoms with E-state index in [2.05, 4.69) is 5.32 Å². The van der Waals surface area contributed by atoms with Crippen molar-refractivity contribution in [3.05, 3.63) is 58.9 Å². The minimum absolute atomic E-state index is 0.259. The molecule has 0 heterocycles. The van der Waals surface area contributed by atoms with Crippen LogP contribution in [-0.2, 0) is 0 Å². The lowest BCUT2D eigenvalue weighted by Crippen LogP contribution is -2.27.